The highest BCUT2D eigenvalue weighted by molar-refractivity contribution is 7.47. The predicted molar refractivity (Wildman–Crippen MR) is 260 cm³/mol. The summed E-state index contributed by atoms with van der Waals surface area (Å²) in [7, 11) is -4.53. The highest BCUT2D eigenvalue weighted by Gasteiger charge is 2.26. The summed E-state index contributed by atoms with van der Waals surface area (Å²) in [5.41, 5.74) is 0. The molecule has 0 radical (unpaired) electrons. The summed E-state index contributed by atoms with van der Waals surface area (Å²) in [6, 6.07) is 0. The summed E-state index contributed by atoms with van der Waals surface area (Å²) in [4.78, 5) is 22.7. The number of allylic oxidation sites excluding steroid dienone is 10. The Labute approximate surface area is 380 Å². The zero-order valence-electron chi connectivity index (χ0n) is 39.8. The van der Waals surface area contributed by atoms with Crippen LogP contribution in [-0.2, 0) is 27.9 Å². The van der Waals surface area contributed by atoms with Gasteiger partial charge >= 0.3 is 13.8 Å². The van der Waals surface area contributed by atoms with Crippen molar-refractivity contribution in [2.75, 3.05) is 33.0 Å². The average Bonchev–Trinajstić information content (AvgIpc) is 3.26. The molecular formula is C52H95O9P. The van der Waals surface area contributed by atoms with Gasteiger partial charge in [0.05, 0.1) is 26.4 Å². The Morgan fingerprint density at radius 3 is 1.34 bits per heavy atom. The molecular weight excluding hydrogens is 800 g/mol. The van der Waals surface area contributed by atoms with Gasteiger partial charge in [-0.3, -0.25) is 13.8 Å². The molecule has 3 N–H and O–H groups in total. The molecule has 0 aliphatic heterocycles. The molecule has 0 aromatic heterocycles. The van der Waals surface area contributed by atoms with Gasteiger partial charge in [-0.15, -0.1) is 0 Å². The van der Waals surface area contributed by atoms with Crippen molar-refractivity contribution in [3.8, 4) is 0 Å². The van der Waals surface area contributed by atoms with Gasteiger partial charge < -0.3 is 24.6 Å². The first-order chi connectivity index (χ1) is 30.3. The smallest absolute Gasteiger partial charge is 0.457 e. The fourth-order valence-corrected chi connectivity index (χ4v) is 7.59. The number of hydrogen-bond donors (Lipinski definition) is 3. The molecule has 0 aromatic carbocycles. The summed E-state index contributed by atoms with van der Waals surface area (Å²) < 4.78 is 33.5. The zero-order valence-corrected chi connectivity index (χ0v) is 40.7. The van der Waals surface area contributed by atoms with Crippen LogP contribution in [0.1, 0.15) is 219 Å². The van der Waals surface area contributed by atoms with Crippen molar-refractivity contribution in [1.29, 1.82) is 0 Å². The fourth-order valence-electron chi connectivity index (χ4n) is 6.80. The SMILES string of the molecule is CCCCC/C=C\C/C=C\CCCCCCCCCCOCC(COP(=O)(O)OCC(O)CO)OC(=O)CCCCCCCCCC/C=C\C/C=C\C/C=C\CCCCCCC. The molecule has 0 aliphatic rings. The van der Waals surface area contributed by atoms with Crippen LogP contribution in [0.5, 0.6) is 0 Å². The lowest BCUT2D eigenvalue weighted by molar-refractivity contribution is -0.154. The number of aliphatic hydroxyl groups is 2. The molecule has 0 heterocycles. The summed E-state index contributed by atoms with van der Waals surface area (Å²) in [5, 5.41) is 18.4. The minimum atomic E-state index is -4.53. The van der Waals surface area contributed by atoms with E-state index in [1.54, 1.807) is 0 Å². The number of phosphoric acid groups is 1. The van der Waals surface area contributed by atoms with Crippen molar-refractivity contribution < 1.29 is 43.0 Å². The van der Waals surface area contributed by atoms with Crippen molar-refractivity contribution >= 4 is 13.8 Å². The van der Waals surface area contributed by atoms with Crippen LogP contribution in [0.25, 0.3) is 0 Å². The first-order valence-electron chi connectivity index (χ1n) is 25.3. The van der Waals surface area contributed by atoms with Crippen LogP contribution in [0, 0.1) is 0 Å². The van der Waals surface area contributed by atoms with E-state index in [0.29, 0.717) is 6.61 Å². The standard InChI is InChI=1S/C52H95O9P/c1-3-5-7-9-11-13-15-17-19-21-23-24-25-26-27-28-30-32-34-36-38-40-42-44-52(55)61-51(49-60-62(56,57)59-47-50(54)46-53)48-58-45-43-41-39-37-35-33-31-29-22-20-18-16-14-12-10-8-6-4-2/h12,14-15,17-18,20-21,23,25-26,50-51,53-54H,3-11,13,16,19,22,24,27-49H2,1-2H3,(H,56,57)/b14-12-,17-15-,20-18-,23-21-,26-25-. The largest absolute Gasteiger partial charge is 0.472 e. The number of unbranched alkanes of at least 4 members (excludes halogenated alkanes) is 24. The maximum Gasteiger partial charge on any atom is 0.472 e. The molecule has 3 unspecified atom stereocenters. The molecule has 9 nitrogen and oxygen atoms in total. The van der Waals surface area contributed by atoms with Crippen LogP contribution >= 0.6 is 7.82 Å². The van der Waals surface area contributed by atoms with Crippen LogP contribution in [-0.4, -0.2) is 66.3 Å². The van der Waals surface area contributed by atoms with Crippen LogP contribution in [0.3, 0.4) is 0 Å². The highest BCUT2D eigenvalue weighted by Crippen LogP contribution is 2.43. The highest BCUT2D eigenvalue weighted by atomic mass is 31.2. The van der Waals surface area contributed by atoms with Gasteiger partial charge in [-0.25, -0.2) is 4.57 Å². The number of rotatable bonds is 48. The quantitative estimate of drug-likeness (QED) is 0.0236. The maximum absolute atomic E-state index is 12.7. The molecule has 0 bridgehead atoms. The fraction of sp³-hybridized carbons (Fsp3) is 0.788. The Bertz CT molecular complexity index is 1150. The van der Waals surface area contributed by atoms with Crippen molar-refractivity contribution in [1.82, 2.24) is 0 Å². The third-order valence-corrected chi connectivity index (χ3v) is 11.6. The molecule has 0 aliphatic carbocycles. The summed E-state index contributed by atoms with van der Waals surface area (Å²) in [6.07, 6.45) is 57.5. The van der Waals surface area contributed by atoms with Crippen LogP contribution in [0.15, 0.2) is 60.8 Å². The molecule has 62 heavy (non-hydrogen) atoms. The van der Waals surface area contributed by atoms with Crippen LogP contribution in [0.4, 0.5) is 0 Å². The van der Waals surface area contributed by atoms with E-state index in [0.717, 1.165) is 77.0 Å². The van der Waals surface area contributed by atoms with Gasteiger partial charge in [0.15, 0.2) is 0 Å². The molecule has 0 spiro atoms. The summed E-state index contributed by atoms with van der Waals surface area (Å²) in [6.45, 7) is 3.47. The molecule has 0 fully saturated rings. The second kappa shape index (κ2) is 48.6. The summed E-state index contributed by atoms with van der Waals surface area (Å²) in [5.74, 6) is -0.392. The number of esters is 1. The van der Waals surface area contributed by atoms with E-state index in [2.05, 4.69) is 74.6 Å². The predicted octanol–water partition coefficient (Wildman–Crippen LogP) is 14.7. The lowest BCUT2D eigenvalue weighted by Crippen LogP contribution is -2.29. The topological polar surface area (TPSA) is 132 Å². The lowest BCUT2D eigenvalue weighted by atomic mass is 10.1. The molecule has 3 atom stereocenters. The van der Waals surface area contributed by atoms with E-state index in [-0.39, 0.29) is 19.6 Å². The zero-order chi connectivity index (χ0) is 45.3. The molecule has 10 heteroatoms. The summed E-state index contributed by atoms with van der Waals surface area (Å²) >= 11 is 0. The number of carbonyl (C=O) groups excluding carboxylic acids is 1. The number of carbonyl (C=O) groups is 1. The number of ether oxygens (including phenoxy) is 2. The van der Waals surface area contributed by atoms with Crippen LogP contribution < -0.4 is 0 Å². The molecule has 0 rings (SSSR count). The van der Waals surface area contributed by atoms with Gasteiger partial charge in [-0.2, -0.15) is 0 Å². The maximum atomic E-state index is 12.7. The Hall–Kier alpha value is -1.84. The second-order valence-electron chi connectivity index (χ2n) is 16.8. The Balaban J connectivity index is 4.12. The Kier molecular flexibility index (Phi) is 47.2. The molecule has 0 saturated carbocycles. The monoisotopic (exact) mass is 895 g/mol. The molecule has 362 valence electrons. The van der Waals surface area contributed by atoms with E-state index in [4.69, 9.17) is 23.6 Å². The van der Waals surface area contributed by atoms with Crippen LogP contribution in [0.2, 0.25) is 0 Å². The van der Waals surface area contributed by atoms with Gasteiger partial charge in [0, 0.05) is 13.0 Å². The first-order valence-corrected chi connectivity index (χ1v) is 26.8. The Morgan fingerprint density at radius 2 is 0.871 bits per heavy atom. The van der Waals surface area contributed by atoms with Crippen molar-refractivity contribution in [2.45, 2.75) is 232 Å². The third-order valence-electron chi connectivity index (χ3n) is 10.7. The van der Waals surface area contributed by atoms with Crippen molar-refractivity contribution in [3.63, 3.8) is 0 Å². The molecule has 0 saturated heterocycles. The average molecular weight is 895 g/mol. The second-order valence-corrected chi connectivity index (χ2v) is 18.3. The molecule has 0 aromatic rings. The van der Waals surface area contributed by atoms with Gasteiger partial charge in [0.1, 0.15) is 12.2 Å². The normalized spacial score (nSPS) is 14.3. The minimum Gasteiger partial charge on any atom is -0.457 e. The molecule has 0 amide bonds. The van der Waals surface area contributed by atoms with Gasteiger partial charge in [0.2, 0.25) is 0 Å². The number of aliphatic hydroxyl groups excluding tert-OH is 2. The van der Waals surface area contributed by atoms with Gasteiger partial charge in [-0.05, 0) is 83.5 Å². The van der Waals surface area contributed by atoms with E-state index in [9.17, 15) is 19.4 Å². The van der Waals surface area contributed by atoms with E-state index in [1.807, 2.05) is 0 Å². The van der Waals surface area contributed by atoms with Crippen molar-refractivity contribution in [2.24, 2.45) is 0 Å². The van der Waals surface area contributed by atoms with E-state index in [1.165, 1.54) is 122 Å². The third kappa shape index (κ3) is 47.6. The van der Waals surface area contributed by atoms with Crippen molar-refractivity contribution in [3.05, 3.63) is 60.8 Å². The Morgan fingerprint density at radius 1 is 0.500 bits per heavy atom. The van der Waals surface area contributed by atoms with Gasteiger partial charge in [-0.1, -0.05) is 190 Å². The first kappa shape index (κ1) is 60.2. The van der Waals surface area contributed by atoms with E-state index >= 15 is 0 Å². The minimum absolute atomic E-state index is 0.0404. The van der Waals surface area contributed by atoms with Gasteiger partial charge in [0.25, 0.3) is 0 Å². The lowest BCUT2D eigenvalue weighted by Gasteiger charge is -2.20. The number of hydrogen-bond acceptors (Lipinski definition) is 8. The number of phosphoric ester groups is 1. The van der Waals surface area contributed by atoms with E-state index < -0.39 is 39.2 Å².